The van der Waals surface area contributed by atoms with Crippen LogP contribution in [0.4, 0.5) is 17.5 Å². The summed E-state index contributed by atoms with van der Waals surface area (Å²) in [5, 5.41) is 11.0. The SMILES string of the molecule is CCN(c1nc(N)ncc1[N+](=O)[O-])C1CCCC1. The van der Waals surface area contributed by atoms with Crippen LogP contribution in [0.2, 0.25) is 0 Å². The van der Waals surface area contributed by atoms with Crippen LogP contribution in [0.1, 0.15) is 32.6 Å². The van der Waals surface area contributed by atoms with Gasteiger partial charge in [-0.1, -0.05) is 12.8 Å². The molecule has 2 N–H and O–H groups in total. The predicted octanol–water partition coefficient (Wildman–Crippen LogP) is 1.74. The van der Waals surface area contributed by atoms with Gasteiger partial charge in [0.25, 0.3) is 0 Å². The molecule has 18 heavy (non-hydrogen) atoms. The van der Waals surface area contributed by atoms with Crippen LogP contribution >= 0.6 is 0 Å². The van der Waals surface area contributed by atoms with Crippen molar-refractivity contribution < 1.29 is 4.92 Å². The number of hydrogen-bond donors (Lipinski definition) is 1. The molecule has 7 heteroatoms. The summed E-state index contributed by atoms with van der Waals surface area (Å²) in [4.78, 5) is 20.3. The molecule has 0 bridgehead atoms. The highest BCUT2D eigenvalue weighted by atomic mass is 16.6. The molecule has 0 aliphatic heterocycles. The van der Waals surface area contributed by atoms with Gasteiger partial charge in [-0.25, -0.2) is 4.98 Å². The highest BCUT2D eigenvalue weighted by Crippen LogP contribution is 2.32. The van der Waals surface area contributed by atoms with Gasteiger partial charge in [0.2, 0.25) is 11.8 Å². The van der Waals surface area contributed by atoms with E-state index in [0.29, 0.717) is 18.4 Å². The average molecular weight is 251 g/mol. The Bertz CT molecular complexity index is 445. The van der Waals surface area contributed by atoms with Crippen molar-refractivity contribution in [1.29, 1.82) is 0 Å². The van der Waals surface area contributed by atoms with E-state index in [0.717, 1.165) is 25.7 Å². The van der Waals surface area contributed by atoms with Crippen molar-refractivity contribution in [1.82, 2.24) is 9.97 Å². The lowest BCUT2D eigenvalue weighted by atomic mass is 10.2. The lowest BCUT2D eigenvalue weighted by molar-refractivity contribution is -0.384. The zero-order chi connectivity index (χ0) is 13.1. The normalized spacial score (nSPS) is 15.8. The zero-order valence-corrected chi connectivity index (χ0v) is 10.4. The first-order valence-corrected chi connectivity index (χ1v) is 6.17. The molecule has 7 nitrogen and oxygen atoms in total. The van der Waals surface area contributed by atoms with E-state index in [4.69, 9.17) is 5.73 Å². The van der Waals surface area contributed by atoms with E-state index in [9.17, 15) is 10.1 Å². The van der Waals surface area contributed by atoms with Crippen LogP contribution in [-0.4, -0.2) is 27.5 Å². The third-order valence-corrected chi connectivity index (χ3v) is 3.34. The first-order chi connectivity index (χ1) is 8.63. The molecule has 0 amide bonds. The number of hydrogen-bond acceptors (Lipinski definition) is 6. The van der Waals surface area contributed by atoms with Crippen LogP contribution in [0.5, 0.6) is 0 Å². The molecule has 0 aromatic carbocycles. The number of nitro groups is 1. The fourth-order valence-corrected chi connectivity index (χ4v) is 2.52. The fourth-order valence-electron chi connectivity index (χ4n) is 2.52. The molecule has 0 saturated heterocycles. The van der Waals surface area contributed by atoms with E-state index in [1.54, 1.807) is 0 Å². The van der Waals surface area contributed by atoms with Gasteiger partial charge in [-0.15, -0.1) is 0 Å². The van der Waals surface area contributed by atoms with Gasteiger partial charge >= 0.3 is 5.69 Å². The fraction of sp³-hybridized carbons (Fsp3) is 0.636. The minimum atomic E-state index is -0.452. The second-order valence-electron chi connectivity index (χ2n) is 4.42. The van der Waals surface area contributed by atoms with E-state index >= 15 is 0 Å². The number of nitrogens with two attached hydrogens (primary N) is 1. The van der Waals surface area contributed by atoms with Crippen molar-refractivity contribution in [2.45, 2.75) is 38.6 Å². The van der Waals surface area contributed by atoms with Crippen molar-refractivity contribution in [3.8, 4) is 0 Å². The first kappa shape index (κ1) is 12.5. The quantitative estimate of drug-likeness (QED) is 0.646. The van der Waals surface area contributed by atoms with Crippen LogP contribution in [0.25, 0.3) is 0 Å². The second-order valence-corrected chi connectivity index (χ2v) is 4.42. The van der Waals surface area contributed by atoms with Gasteiger partial charge in [-0.05, 0) is 19.8 Å². The smallest absolute Gasteiger partial charge is 0.329 e. The van der Waals surface area contributed by atoms with Crippen molar-refractivity contribution >= 4 is 17.5 Å². The zero-order valence-electron chi connectivity index (χ0n) is 10.4. The molecular formula is C11H17N5O2. The molecule has 1 aromatic rings. The Hall–Kier alpha value is -1.92. The predicted molar refractivity (Wildman–Crippen MR) is 68.4 cm³/mol. The van der Waals surface area contributed by atoms with Crippen LogP contribution in [0.3, 0.4) is 0 Å². The molecule has 1 aliphatic carbocycles. The molecule has 0 radical (unpaired) electrons. The Labute approximate surface area is 105 Å². The summed E-state index contributed by atoms with van der Waals surface area (Å²) >= 11 is 0. The van der Waals surface area contributed by atoms with Crippen molar-refractivity contribution in [3.63, 3.8) is 0 Å². The molecular weight excluding hydrogens is 234 g/mol. The summed E-state index contributed by atoms with van der Waals surface area (Å²) in [5.41, 5.74) is 5.48. The van der Waals surface area contributed by atoms with E-state index in [2.05, 4.69) is 9.97 Å². The highest BCUT2D eigenvalue weighted by molar-refractivity contribution is 5.59. The van der Waals surface area contributed by atoms with E-state index < -0.39 is 4.92 Å². The van der Waals surface area contributed by atoms with Gasteiger partial charge in [0.15, 0.2) is 0 Å². The molecule has 0 atom stereocenters. The van der Waals surface area contributed by atoms with E-state index in [1.807, 2.05) is 11.8 Å². The second kappa shape index (κ2) is 5.16. The Morgan fingerprint density at radius 3 is 2.78 bits per heavy atom. The standard InChI is InChI=1S/C11H17N5O2/c1-2-15(8-5-3-4-6-8)10-9(16(17)18)7-13-11(12)14-10/h7-8H,2-6H2,1H3,(H2,12,13,14). The Kier molecular flexibility index (Phi) is 3.59. The van der Waals surface area contributed by atoms with Crippen LogP contribution in [0, 0.1) is 10.1 Å². The van der Waals surface area contributed by atoms with Crippen molar-refractivity contribution in [2.24, 2.45) is 0 Å². The molecule has 1 aromatic heterocycles. The van der Waals surface area contributed by atoms with Crippen LogP contribution < -0.4 is 10.6 Å². The summed E-state index contributed by atoms with van der Waals surface area (Å²) in [6.07, 6.45) is 5.62. The largest absolute Gasteiger partial charge is 0.368 e. The van der Waals surface area contributed by atoms with Crippen molar-refractivity contribution in [2.75, 3.05) is 17.2 Å². The maximum absolute atomic E-state index is 11.0. The number of nitrogen functional groups attached to an aromatic ring is 1. The summed E-state index contributed by atoms with van der Waals surface area (Å²) in [5.74, 6) is 0.425. The molecule has 1 saturated carbocycles. The molecule has 98 valence electrons. The average Bonchev–Trinajstić information content (AvgIpc) is 2.83. The number of rotatable bonds is 4. The van der Waals surface area contributed by atoms with Gasteiger partial charge in [-0.2, -0.15) is 4.98 Å². The third kappa shape index (κ3) is 2.34. The lowest BCUT2D eigenvalue weighted by Crippen LogP contribution is -2.34. The first-order valence-electron chi connectivity index (χ1n) is 6.17. The molecule has 1 fully saturated rings. The Morgan fingerprint density at radius 1 is 1.56 bits per heavy atom. The lowest BCUT2D eigenvalue weighted by Gasteiger charge is -2.28. The van der Waals surface area contributed by atoms with Crippen molar-refractivity contribution in [3.05, 3.63) is 16.3 Å². The van der Waals surface area contributed by atoms with Gasteiger partial charge in [0.05, 0.1) is 4.92 Å². The summed E-state index contributed by atoms with van der Waals surface area (Å²) < 4.78 is 0. The molecule has 0 spiro atoms. The number of nitrogens with zero attached hydrogens (tertiary/aromatic N) is 4. The Balaban J connectivity index is 2.39. The van der Waals surface area contributed by atoms with Gasteiger partial charge in [0.1, 0.15) is 6.20 Å². The minimum Gasteiger partial charge on any atom is -0.368 e. The van der Waals surface area contributed by atoms with E-state index in [1.165, 1.54) is 6.20 Å². The molecule has 1 heterocycles. The summed E-state index contributed by atoms with van der Waals surface area (Å²) in [6, 6.07) is 0.322. The number of aromatic nitrogens is 2. The molecule has 0 unspecified atom stereocenters. The van der Waals surface area contributed by atoms with Crippen LogP contribution in [-0.2, 0) is 0 Å². The Morgan fingerprint density at radius 2 is 2.22 bits per heavy atom. The van der Waals surface area contributed by atoms with Gasteiger partial charge in [-0.3, -0.25) is 10.1 Å². The topological polar surface area (TPSA) is 98.2 Å². The minimum absolute atomic E-state index is 0.0713. The third-order valence-electron chi connectivity index (χ3n) is 3.34. The van der Waals surface area contributed by atoms with Gasteiger partial charge < -0.3 is 10.6 Å². The molecule has 1 aliphatic rings. The monoisotopic (exact) mass is 251 g/mol. The maximum Gasteiger partial charge on any atom is 0.329 e. The van der Waals surface area contributed by atoms with Crippen LogP contribution in [0.15, 0.2) is 6.20 Å². The summed E-state index contributed by atoms with van der Waals surface area (Å²) in [7, 11) is 0. The van der Waals surface area contributed by atoms with Gasteiger partial charge in [0, 0.05) is 12.6 Å². The highest BCUT2D eigenvalue weighted by Gasteiger charge is 2.28. The number of anilines is 2. The summed E-state index contributed by atoms with van der Waals surface area (Å²) in [6.45, 7) is 2.66. The van der Waals surface area contributed by atoms with E-state index in [-0.39, 0.29) is 11.6 Å². The maximum atomic E-state index is 11.0. The molecule has 2 rings (SSSR count).